The van der Waals surface area contributed by atoms with E-state index in [4.69, 9.17) is 10.5 Å². The molecular formula is C25H40N2O4. The number of carboxylic acid groups (broad SMARTS) is 1. The van der Waals surface area contributed by atoms with E-state index in [1.165, 1.54) is 5.56 Å². The zero-order chi connectivity index (χ0) is 23.4. The molecule has 0 unspecified atom stereocenters. The van der Waals surface area contributed by atoms with Gasteiger partial charge in [-0.1, -0.05) is 40.7 Å². The van der Waals surface area contributed by atoms with Gasteiger partial charge in [0.2, 0.25) is 5.91 Å². The summed E-state index contributed by atoms with van der Waals surface area (Å²) in [6.07, 6.45) is 3.67. The Balaban J connectivity index is 2.32. The third kappa shape index (κ3) is 5.66. The van der Waals surface area contributed by atoms with Gasteiger partial charge < -0.3 is 20.9 Å². The maximum absolute atomic E-state index is 11.8. The largest absolute Gasteiger partial charge is 0.481 e. The van der Waals surface area contributed by atoms with Gasteiger partial charge in [-0.2, -0.15) is 0 Å². The zero-order valence-electron chi connectivity index (χ0n) is 20.0. The number of primary amides is 1. The fourth-order valence-corrected chi connectivity index (χ4v) is 5.31. The molecule has 0 fully saturated rings. The number of amides is 1. The van der Waals surface area contributed by atoms with Crippen molar-refractivity contribution in [3.63, 3.8) is 0 Å². The molecule has 1 aromatic carbocycles. The van der Waals surface area contributed by atoms with E-state index in [0.29, 0.717) is 24.9 Å². The molecular weight excluding hydrogens is 392 g/mol. The second-order valence-corrected chi connectivity index (χ2v) is 10.1. The Labute approximate surface area is 186 Å². The molecule has 0 saturated heterocycles. The van der Waals surface area contributed by atoms with Crippen LogP contribution in [-0.2, 0) is 21.4 Å². The number of methoxy groups -OCH3 is 1. The standard InChI is InChI=1S/C25H40N2O4/c1-7-25(8-2)19-13-17(22(26)28)10-9-16(19)14-20(31-6)21(25)27-12-11-18(23(29)30)15-24(3,4)5/h9-10,13,18,20-21,27H,7-8,11-12,14-15H2,1-6H3,(H2,26,28)(H,29,30)/t18-,20+,21-/m1/s1. The van der Waals surface area contributed by atoms with Crippen LogP contribution < -0.4 is 11.1 Å². The fourth-order valence-electron chi connectivity index (χ4n) is 5.31. The molecule has 1 amide bonds. The summed E-state index contributed by atoms with van der Waals surface area (Å²) in [4.78, 5) is 23.6. The highest BCUT2D eigenvalue weighted by Crippen LogP contribution is 2.44. The summed E-state index contributed by atoms with van der Waals surface area (Å²) in [5, 5.41) is 13.4. The molecule has 174 valence electrons. The van der Waals surface area contributed by atoms with Gasteiger partial charge in [0.25, 0.3) is 0 Å². The van der Waals surface area contributed by atoms with Crippen LogP contribution in [0.15, 0.2) is 18.2 Å². The van der Waals surface area contributed by atoms with Crippen molar-refractivity contribution in [3.8, 4) is 0 Å². The van der Waals surface area contributed by atoms with Gasteiger partial charge in [0, 0.05) is 30.6 Å². The SMILES string of the molecule is CCC1(CC)c2cc(C(N)=O)ccc2C[C@H](OC)[C@H]1NCC[C@H](CC(C)(C)C)C(=O)O. The molecule has 1 aliphatic rings. The van der Waals surface area contributed by atoms with Crippen LogP contribution in [0.1, 0.15) is 81.8 Å². The molecule has 0 aliphatic heterocycles. The van der Waals surface area contributed by atoms with Crippen molar-refractivity contribution in [2.24, 2.45) is 17.1 Å². The normalized spacial score (nSPS) is 21.4. The Morgan fingerprint density at radius 1 is 1.29 bits per heavy atom. The second-order valence-electron chi connectivity index (χ2n) is 10.1. The second kappa shape index (κ2) is 10.1. The number of rotatable bonds is 10. The van der Waals surface area contributed by atoms with Crippen molar-refractivity contribution in [1.82, 2.24) is 5.32 Å². The Bertz CT molecular complexity index is 780. The van der Waals surface area contributed by atoms with E-state index in [2.05, 4.69) is 39.9 Å². The highest BCUT2D eigenvalue weighted by atomic mass is 16.5. The highest BCUT2D eigenvalue weighted by molar-refractivity contribution is 5.93. The van der Waals surface area contributed by atoms with Gasteiger partial charge in [-0.15, -0.1) is 0 Å². The van der Waals surface area contributed by atoms with Gasteiger partial charge in [-0.25, -0.2) is 0 Å². The first-order valence-electron chi connectivity index (χ1n) is 11.4. The molecule has 6 nitrogen and oxygen atoms in total. The Kier molecular flexibility index (Phi) is 8.28. The lowest BCUT2D eigenvalue weighted by atomic mass is 9.62. The lowest BCUT2D eigenvalue weighted by Gasteiger charge is -2.49. The molecule has 0 aromatic heterocycles. The highest BCUT2D eigenvalue weighted by Gasteiger charge is 2.46. The average Bonchev–Trinajstić information content (AvgIpc) is 2.70. The topological polar surface area (TPSA) is 102 Å². The fraction of sp³-hybridized carbons (Fsp3) is 0.680. The summed E-state index contributed by atoms with van der Waals surface area (Å²) >= 11 is 0. The number of fused-ring (bicyclic) bond motifs is 1. The number of ether oxygens (including phenoxy) is 1. The monoisotopic (exact) mass is 432 g/mol. The average molecular weight is 433 g/mol. The van der Waals surface area contributed by atoms with E-state index in [1.807, 2.05) is 12.1 Å². The van der Waals surface area contributed by atoms with Crippen LogP contribution in [0.4, 0.5) is 0 Å². The van der Waals surface area contributed by atoms with E-state index in [9.17, 15) is 14.7 Å². The molecule has 1 aromatic rings. The molecule has 3 atom stereocenters. The van der Waals surface area contributed by atoms with Crippen molar-refractivity contribution in [2.45, 2.75) is 84.3 Å². The lowest BCUT2D eigenvalue weighted by Crippen LogP contribution is -2.59. The maximum Gasteiger partial charge on any atom is 0.306 e. The molecule has 0 heterocycles. The molecule has 0 spiro atoms. The minimum Gasteiger partial charge on any atom is -0.481 e. The Morgan fingerprint density at radius 2 is 1.94 bits per heavy atom. The van der Waals surface area contributed by atoms with E-state index >= 15 is 0 Å². The molecule has 31 heavy (non-hydrogen) atoms. The van der Waals surface area contributed by atoms with E-state index < -0.39 is 11.9 Å². The van der Waals surface area contributed by atoms with Gasteiger partial charge in [-0.3, -0.25) is 9.59 Å². The summed E-state index contributed by atoms with van der Waals surface area (Å²) in [5.74, 6) is -1.55. The van der Waals surface area contributed by atoms with E-state index in [-0.39, 0.29) is 28.9 Å². The van der Waals surface area contributed by atoms with E-state index in [0.717, 1.165) is 24.8 Å². The van der Waals surface area contributed by atoms with Gasteiger partial charge in [0.15, 0.2) is 0 Å². The van der Waals surface area contributed by atoms with Crippen molar-refractivity contribution < 1.29 is 19.4 Å². The lowest BCUT2D eigenvalue weighted by molar-refractivity contribution is -0.143. The third-order valence-corrected chi connectivity index (χ3v) is 6.95. The molecule has 0 radical (unpaired) electrons. The van der Waals surface area contributed by atoms with Crippen molar-refractivity contribution >= 4 is 11.9 Å². The predicted octanol–water partition coefficient (Wildman–Crippen LogP) is 3.90. The summed E-state index contributed by atoms with van der Waals surface area (Å²) in [6, 6.07) is 5.76. The minimum atomic E-state index is -0.739. The Morgan fingerprint density at radius 3 is 2.42 bits per heavy atom. The molecule has 0 saturated carbocycles. The van der Waals surface area contributed by atoms with Crippen LogP contribution in [0.2, 0.25) is 0 Å². The number of carboxylic acids is 1. The summed E-state index contributed by atoms with van der Waals surface area (Å²) < 4.78 is 5.91. The van der Waals surface area contributed by atoms with Crippen LogP contribution in [0, 0.1) is 11.3 Å². The summed E-state index contributed by atoms with van der Waals surface area (Å²) in [7, 11) is 1.73. The van der Waals surface area contributed by atoms with E-state index in [1.54, 1.807) is 13.2 Å². The van der Waals surface area contributed by atoms with Crippen LogP contribution in [0.25, 0.3) is 0 Å². The first-order chi connectivity index (χ1) is 14.5. The smallest absolute Gasteiger partial charge is 0.306 e. The molecule has 1 aliphatic carbocycles. The van der Waals surface area contributed by atoms with Crippen molar-refractivity contribution in [3.05, 3.63) is 34.9 Å². The number of aliphatic carboxylic acids is 1. The minimum absolute atomic E-state index is 0.0206. The quantitative estimate of drug-likeness (QED) is 0.520. The van der Waals surface area contributed by atoms with Crippen LogP contribution in [0.3, 0.4) is 0 Å². The summed E-state index contributed by atoms with van der Waals surface area (Å²) in [5.41, 5.74) is 8.18. The molecule has 6 heteroatoms. The number of carbonyl (C=O) groups excluding carboxylic acids is 1. The number of hydrogen-bond donors (Lipinski definition) is 3. The van der Waals surface area contributed by atoms with Crippen LogP contribution in [-0.4, -0.2) is 42.8 Å². The van der Waals surface area contributed by atoms with Gasteiger partial charge >= 0.3 is 5.97 Å². The first-order valence-corrected chi connectivity index (χ1v) is 11.4. The maximum atomic E-state index is 11.8. The number of nitrogens with two attached hydrogens (primary N) is 1. The van der Waals surface area contributed by atoms with Gasteiger partial charge in [0.05, 0.1) is 12.0 Å². The molecule has 2 rings (SSSR count). The van der Waals surface area contributed by atoms with Crippen LogP contribution in [0.5, 0.6) is 0 Å². The summed E-state index contributed by atoms with van der Waals surface area (Å²) in [6.45, 7) is 11.2. The van der Waals surface area contributed by atoms with Gasteiger partial charge in [0.1, 0.15) is 0 Å². The predicted molar refractivity (Wildman–Crippen MR) is 123 cm³/mol. The zero-order valence-corrected chi connectivity index (χ0v) is 20.0. The number of hydrogen-bond acceptors (Lipinski definition) is 4. The molecule has 4 N–H and O–H groups in total. The third-order valence-electron chi connectivity index (χ3n) is 6.95. The number of carbonyl (C=O) groups is 2. The van der Waals surface area contributed by atoms with Gasteiger partial charge in [-0.05, 0) is 60.9 Å². The van der Waals surface area contributed by atoms with Crippen LogP contribution >= 0.6 is 0 Å². The first kappa shape index (κ1) is 25.3. The van der Waals surface area contributed by atoms with Crippen molar-refractivity contribution in [1.29, 1.82) is 0 Å². The number of benzene rings is 1. The molecule has 0 bridgehead atoms. The Hall–Kier alpha value is -1.92. The van der Waals surface area contributed by atoms with Crippen molar-refractivity contribution in [2.75, 3.05) is 13.7 Å². The number of nitrogens with one attached hydrogen (secondary N) is 1.